The summed E-state index contributed by atoms with van der Waals surface area (Å²) in [6.07, 6.45) is -4.90. The quantitative estimate of drug-likeness (QED) is 0.476. The van der Waals surface area contributed by atoms with Crippen molar-refractivity contribution in [2.75, 3.05) is 0 Å². The van der Waals surface area contributed by atoms with Gasteiger partial charge >= 0.3 is 6.18 Å². The van der Waals surface area contributed by atoms with E-state index in [1.807, 2.05) is 0 Å². The van der Waals surface area contributed by atoms with Crippen molar-refractivity contribution in [1.82, 2.24) is 0 Å². The molecule has 0 N–H and O–H groups in total. The van der Waals surface area contributed by atoms with Gasteiger partial charge in [-0.05, 0) is 6.07 Å². The van der Waals surface area contributed by atoms with Crippen molar-refractivity contribution >= 4 is 25.4 Å². The lowest BCUT2D eigenvalue weighted by Gasteiger charge is -2.07. The highest BCUT2D eigenvalue weighted by Gasteiger charge is 2.34. The standard InChI is InChI=1S/C7H3ClF3NO4S/c8-17(15,16)6-2-4(7(9,10)11)1-5(3-6)12(13)14/h1-3H. The number of non-ortho nitro benzene ring substituents is 1. The van der Waals surface area contributed by atoms with E-state index in [2.05, 4.69) is 0 Å². The second kappa shape index (κ2) is 4.15. The van der Waals surface area contributed by atoms with E-state index in [0.717, 1.165) is 0 Å². The van der Waals surface area contributed by atoms with Gasteiger partial charge in [-0.3, -0.25) is 10.1 Å². The molecule has 1 aromatic carbocycles. The van der Waals surface area contributed by atoms with Gasteiger partial charge < -0.3 is 0 Å². The van der Waals surface area contributed by atoms with Gasteiger partial charge in [-0.2, -0.15) is 13.2 Å². The minimum absolute atomic E-state index is 0.228. The van der Waals surface area contributed by atoms with Gasteiger partial charge in [-0.25, -0.2) is 8.42 Å². The molecule has 94 valence electrons. The highest BCUT2D eigenvalue weighted by atomic mass is 35.7. The van der Waals surface area contributed by atoms with Crippen LogP contribution in [0.4, 0.5) is 18.9 Å². The zero-order valence-electron chi connectivity index (χ0n) is 7.73. The van der Waals surface area contributed by atoms with E-state index in [0.29, 0.717) is 6.07 Å². The van der Waals surface area contributed by atoms with Gasteiger partial charge in [0, 0.05) is 22.8 Å². The molecule has 1 aromatic rings. The Morgan fingerprint density at radius 2 is 1.76 bits per heavy atom. The Morgan fingerprint density at radius 1 is 1.24 bits per heavy atom. The van der Waals surface area contributed by atoms with Crippen LogP contribution in [0.5, 0.6) is 0 Å². The summed E-state index contributed by atoms with van der Waals surface area (Å²) in [5.74, 6) is 0. The number of alkyl halides is 3. The maximum Gasteiger partial charge on any atom is 0.416 e. The normalized spacial score (nSPS) is 12.5. The summed E-state index contributed by atoms with van der Waals surface area (Å²) in [5.41, 5.74) is -2.45. The van der Waals surface area contributed by atoms with Crippen molar-refractivity contribution in [3.05, 3.63) is 33.9 Å². The van der Waals surface area contributed by atoms with Gasteiger partial charge in [0.15, 0.2) is 0 Å². The van der Waals surface area contributed by atoms with Crippen LogP contribution in [0, 0.1) is 10.1 Å². The fourth-order valence-electron chi connectivity index (χ4n) is 0.993. The lowest BCUT2D eigenvalue weighted by molar-refractivity contribution is -0.385. The molecule has 0 aliphatic rings. The SMILES string of the molecule is O=[N+]([O-])c1cc(C(F)(F)F)cc(S(=O)(=O)Cl)c1. The Labute approximate surface area is 97.4 Å². The molecule has 0 amide bonds. The van der Waals surface area contributed by atoms with E-state index in [4.69, 9.17) is 10.7 Å². The zero-order valence-corrected chi connectivity index (χ0v) is 9.30. The van der Waals surface area contributed by atoms with E-state index in [-0.39, 0.29) is 12.1 Å². The highest BCUT2D eigenvalue weighted by molar-refractivity contribution is 8.13. The molecule has 0 radical (unpaired) electrons. The third-order valence-corrected chi connectivity index (χ3v) is 3.04. The van der Waals surface area contributed by atoms with E-state index >= 15 is 0 Å². The summed E-state index contributed by atoms with van der Waals surface area (Å²) in [7, 11) is 0.366. The lowest BCUT2D eigenvalue weighted by Crippen LogP contribution is -2.07. The maximum absolute atomic E-state index is 12.3. The van der Waals surface area contributed by atoms with Crippen LogP contribution in [-0.4, -0.2) is 13.3 Å². The van der Waals surface area contributed by atoms with Gasteiger partial charge in [0.05, 0.1) is 15.4 Å². The fraction of sp³-hybridized carbons (Fsp3) is 0.143. The maximum atomic E-state index is 12.3. The number of benzene rings is 1. The monoisotopic (exact) mass is 289 g/mol. The summed E-state index contributed by atoms with van der Waals surface area (Å²) in [6.45, 7) is 0. The summed E-state index contributed by atoms with van der Waals surface area (Å²) < 4.78 is 58.7. The topological polar surface area (TPSA) is 77.3 Å². The average Bonchev–Trinajstić information content (AvgIpc) is 2.14. The van der Waals surface area contributed by atoms with Crippen molar-refractivity contribution in [3.8, 4) is 0 Å². The Hall–Kier alpha value is -1.35. The smallest absolute Gasteiger partial charge is 0.258 e. The van der Waals surface area contributed by atoms with Crippen LogP contribution in [0.3, 0.4) is 0 Å². The van der Waals surface area contributed by atoms with Gasteiger partial charge in [-0.15, -0.1) is 0 Å². The van der Waals surface area contributed by atoms with Gasteiger partial charge in [0.25, 0.3) is 14.7 Å². The van der Waals surface area contributed by atoms with E-state index in [1.165, 1.54) is 0 Å². The van der Waals surface area contributed by atoms with Gasteiger partial charge in [-0.1, -0.05) is 0 Å². The lowest BCUT2D eigenvalue weighted by atomic mass is 10.2. The number of nitro groups is 1. The van der Waals surface area contributed by atoms with Crippen molar-refractivity contribution < 1.29 is 26.5 Å². The predicted molar refractivity (Wildman–Crippen MR) is 51.1 cm³/mol. The predicted octanol–water partition coefficient (Wildman–Crippen LogP) is 2.54. The molecule has 0 unspecified atom stereocenters. The minimum atomic E-state index is -4.90. The number of nitrogens with zero attached hydrogens (tertiary/aromatic N) is 1. The number of rotatable bonds is 2. The van der Waals surface area contributed by atoms with Crippen molar-refractivity contribution in [2.45, 2.75) is 11.1 Å². The average molecular weight is 290 g/mol. The molecule has 0 fully saturated rings. The van der Waals surface area contributed by atoms with E-state index in [1.54, 1.807) is 0 Å². The molecular weight excluding hydrogens is 287 g/mol. The largest absolute Gasteiger partial charge is 0.416 e. The van der Waals surface area contributed by atoms with Crippen LogP contribution in [-0.2, 0) is 15.2 Å². The fourth-order valence-corrected chi connectivity index (χ4v) is 1.79. The molecule has 10 heteroatoms. The van der Waals surface area contributed by atoms with Gasteiger partial charge in [0.1, 0.15) is 0 Å². The molecule has 0 aromatic heterocycles. The summed E-state index contributed by atoms with van der Waals surface area (Å²) in [6, 6.07) is 0.915. The van der Waals surface area contributed by atoms with Crippen molar-refractivity contribution in [2.24, 2.45) is 0 Å². The molecule has 0 spiro atoms. The third-order valence-electron chi connectivity index (χ3n) is 1.71. The van der Waals surface area contributed by atoms with Crippen LogP contribution in [0.15, 0.2) is 23.1 Å². The molecule has 5 nitrogen and oxygen atoms in total. The third kappa shape index (κ3) is 3.30. The van der Waals surface area contributed by atoms with Crippen LogP contribution in [0.1, 0.15) is 5.56 Å². The van der Waals surface area contributed by atoms with Crippen LogP contribution < -0.4 is 0 Å². The number of nitro benzene ring substituents is 1. The summed E-state index contributed by atoms with van der Waals surface area (Å²) >= 11 is 0. The molecule has 0 atom stereocenters. The second-order valence-electron chi connectivity index (χ2n) is 2.91. The summed E-state index contributed by atoms with van der Waals surface area (Å²) in [4.78, 5) is 8.25. The number of halogens is 4. The highest BCUT2D eigenvalue weighted by Crippen LogP contribution is 2.34. The Bertz CT molecular complexity index is 569. The first-order valence-corrected chi connectivity index (χ1v) is 6.14. The molecule has 0 aliphatic heterocycles. The van der Waals surface area contributed by atoms with Crippen LogP contribution >= 0.6 is 10.7 Å². The second-order valence-corrected chi connectivity index (χ2v) is 5.47. The Balaban J connectivity index is 3.56. The molecular formula is C7H3ClF3NO4S. The molecule has 17 heavy (non-hydrogen) atoms. The van der Waals surface area contributed by atoms with E-state index < -0.39 is 36.3 Å². The Kier molecular flexibility index (Phi) is 3.35. The minimum Gasteiger partial charge on any atom is -0.258 e. The zero-order chi connectivity index (χ0) is 13.4. The van der Waals surface area contributed by atoms with Crippen LogP contribution in [0.2, 0.25) is 0 Å². The molecule has 0 heterocycles. The molecule has 1 rings (SSSR count). The first-order valence-electron chi connectivity index (χ1n) is 3.83. The van der Waals surface area contributed by atoms with Crippen molar-refractivity contribution in [3.63, 3.8) is 0 Å². The molecule has 0 saturated heterocycles. The van der Waals surface area contributed by atoms with Crippen LogP contribution in [0.25, 0.3) is 0 Å². The van der Waals surface area contributed by atoms with E-state index in [9.17, 15) is 31.7 Å². The van der Waals surface area contributed by atoms with Gasteiger partial charge in [0.2, 0.25) is 0 Å². The number of hydrogen-bond donors (Lipinski definition) is 0. The Morgan fingerprint density at radius 3 is 2.12 bits per heavy atom. The first kappa shape index (κ1) is 13.7. The molecule has 0 saturated carbocycles. The number of hydrogen-bond acceptors (Lipinski definition) is 4. The first-order chi connectivity index (χ1) is 7.51. The van der Waals surface area contributed by atoms with Crippen molar-refractivity contribution in [1.29, 1.82) is 0 Å². The molecule has 0 bridgehead atoms. The molecule has 0 aliphatic carbocycles. The summed E-state index contributed by atoms with van der Waals surface area (Å²) in [5, 5.41) is 10.4.